The van der Waals surface area contributed by atoms with Gasteiger partial charge in [-0.2, -0.15) is 13.2 Å². The molecule has 1 heterocycles. The van der Waals surface area contributed by atoms with Crippen LogP contribution in [0.25, 0.3) is 0 Å². The summed E-state index contributed by atoms with van der Waals surface area (Å²) in [5, 5.41) is 0. The fourth-order valence-electron chi connectivity index (χ4n) is 2.50. The van der Waals surface area contributed by atoms with Gasteiger partial charge in [0.1, 0.15) is 0 Å². The Labute approximate surface area is 132 Å². The summed E-state index contributed by atoms with van der Waals surface area (Å²) in [4.78, 5) is 22.6. The summed E-state index contributed by atoms with van der Waals surface area (Å²) in [7, 11) is 0. The van der Waals surface area contributed by atoms with Crippen LogP contribution in [-0.4, -0.2) is 24.3 Å². The van der Waals surface area contributed by atoms with Crippen LogP contribution >= 0.6 is 0 Å². The molecule has 1 saturated heterocycles. The minimum Gasteiger partial charge on any atom is -0.373 e. The maximum atomic E-state index is 12.2. The van der Waals surface area contributed by atoms with Crippen molar-refractivity contribution in [3.63, 3.8) is 0 Å². The van der Waals surface area contributed by atoms with E-state index in [0.29, 0.717) is 6.61 Å². The Morgan fingerprint density at radius 1 is 1.22 bits per heavy atom. The number of ether oxygens (including phenoxy) is 1. The summed E-state index contributed by atoms with van der Waals surface area (Å²) in [6.45, 7) is 4.89. The van der Waals surface area contributed by atoms with Crippen LogP contribution in [0.1, 0.15) is 55.1 Å². The molecule has 0 radical (unpaired) electrons. The molecule has 1 atom stereocenters. The Hall–Kier alpha value is -1.69. The van der Waals surface area contributed by atoms with Crippen LogP contribution in [0.5, 0.6) is 0 Å². The van der Waals surface area contributed by atoms with Crippen molar-refractivity contribution in [3.05, 3.63) is 35.4 Å². The molecule has 23 heavy (non-hydrogen) atoms. The molecule has 6 heteroatoms. The molecule has 1 aromatic carbocycles. The van der Waals surface area contributed by atoms with E-state index in [0.717, 1.165) is 18.4 Å². The first kappa shape index (κ1) is 17.7. The molecule has 0 aliphatic carbocycles. The molecule has 0 amide bonds. The van der Waals surface area contributed by atoms with E-state index >= 15 is 0 Å². The monoisotopic (exact) mass is 328 g/mol. The molecule has 1 aliphatic heterocycles. The molecule has 0 spiro atoms. The smallest absolute Gasteiger partial charge is 0.373 e. The zero-order valence-corrected chi connectivity index (χ0v) is 13.1. The zero-order valence-electron chi connectivity index (χ0n) is 13.1. The minimum atomic E-state index is -4.97. The number of rotatable bonds is 4. The molecule has 1 fully saturated rings. The lowest BCUT2D eigenvalue weighted by molar-refractivity contribution is -0.170. The van der Waals surface area contributed by atoms with Gasteiger partial charge in [-0.3, -0.25) is 9.59 Å². The molecule has 126 valence electrons. The number of halogens is 3. The average molecular weight is 328 g/mol. The Morgan fingerprint density at radius 2 is 1.83 bits per heavy atom. The van der Waals surface area contributed by atoms with Gasteiger partial charge in [-0.15, -0.1) is 0 Å². The van der Waals surface area contributed by atoms with Gasteiger partial charge in [0, 0.05) is 5.56 Å². The van der Waals surface area contributed by atoms with Crippen molar-refractivity contribution in [2.24, 2.45) is 5.41 Å². The Bertz CT molecular complexity index is 578. The Kier molecular flexibility index (Phi) is 4.94. The molecule has 3 nitrogen and oxygen atoms in total. The molecular weight excluding hydrogens is 309 g/mol. The van der Waals surface area contributed by atoms with E-state index in [9.17, 15) is 22.8 Å². The molecule has 0 saturated carbocycles. The van der Waals surface area contributed by atoms with Gasteiger partial charge in [-0.05, 0) is 23.8 Å². The molecule has 1 aromatic rings. The van der Waals surface area contributed by atoms with Crippen LogP contribution < -0.4 is 0 Å². The number of Topliss-reactive ketones (excluding diaryl/α,β-unsaturated/α-hetero) is 2. The van der Waals surface area contributed by atoms with Crippen LogP contribution in [0.15, 0.2) is 24.3 Å². The second-order valence-corrected chi connectivity index (χ2v) is 6.65. The predicted molar refractivity (Wildman–Crippen MR) is 78.2 cm³/mol. The zero-order chi connectivity index (χ0) is 17.3. The molecule has 2 rings (SSSR count). The highest BCUT2D eigenvalue weighted by Crippen LogP contribution is 2.37. The first-order valence-electron chi connectivity index (χ1n) is 7.43. The third-order valence-electron chi connectivity index (χ3n) is 4.00. The molecule has 0 aromatic heterocycles. The summed E-state index contributed by atoms with van der Waals surface area (Å²) in [5.74, 6) is -2.85. The van der Waals surface area contributed by atoms with Crippen molar-refractivity contribution in [2.45, 2.75) is 45.4 Å². The SMILES string of the molecule is CC1(C)CCC(c2ccc(C(=O)CC(=O)C(F)(F)F)cc2)OC1. The highest BCUT2D eigenvalue weighted by Gasteiger charge is 2.39. The fourth-order valence-corrected chi connectivity index (χ4v) is 2.50. The number of hydrogen-bond donors (Lipinski definition) is 0. The minimum absolute atomic E-state index is 0.0658. The topological polar surface area (TPSA) is 43.4 Å². The van der Waals surface area contributed by atoms with Crippen molar-refractivity contribution >= 4 is 11.6 Å². The van der Waals surface area contributed by atoms with E-state index in [2.05, 4.69) is 13.8 Å². The average Bonchev–Trinajstić information content (AvgIpc) is 2.46. The number of carbonyl (C=O) groups is 2. The van der Waals surface area contributed by atoms with Gasteiger partial charge in [-0.25, -0.2) is 0 Å². The molecule has 1 aliphatic rings. The highest BCUT2D eigenvalue weighted by atomic mass is 19.4. The van der Waals surface area contributed by atoms with Crippen molar-refractivity contribution in [2.75, 3.05) is 6.61 Å². The van der Waals surface area contributed by atoms with Crippen LogP contribution in [0.4, 0.5) is 13.2 Å². The standard InChI is InChI=1S/C17H19F3O3/c1-16(2)8-7-14(23-10-16)12-5-3-11(4-6-12)13(21)9-15(22)17(18,19)20/h3-6,14H,7-10H2,1-2H3. The van der Waals surface area contributed by atoms with Crippen LogP contribution in [0.3, 0.4) is 0 Å². The Balaban J connectivity index is 2.00. The van der Waals surface area contributed by atoms with E-state index in [1.165, 1.54) is 12.1 Å². The van der Waals surface area contributed by atoms with Crippen LogP contribution in [-0.2, 0) is 9.53 Å². The maximum absolute atomic E-state index is 12.2. The van der Waals surface area contributed by atoms with Gasteiger partial charge >= 0.3 is 6.18 Å². The first-order chi connectivity index (χ1) is 10.6. The van der Waals surface area contributed by atoms with E-state index in [4.69, 9.17) is 4.74 Å². The lowest BCUT2D eigenvalue weighted by atomic mass is 9.84. The number of alkyl halides is 3. The van der Waals surface area contributed by atoms with Crippen molar-refractivity contribution in [1.29, 1.82) is 0 Å². The quantitative estimate of drug-likeness (QED) is 0.612. The van der Waals surface area contributed by atoms with Crippen molar-refractivity contribution in [3.8, 4) is 0 Å². The largest absolute Gasteiger partial charge is 0.450 e. The first-order valence-corrected chi connectivity index (χ1v) is 7.43. The molecule has 0 N–H and O–H groups in total. The van der Waals surface area contributed by atoms with Gasteiger partial charge in [0.15, 0.2) is 5.78 Å². The summed E-state index contributed by atoms with van der Waals surface area (Å²) in [6, 6.07) is 6.25. The lowest BCUT2D eigenvalue weighted by Gasteiger charge is -2.34. The van der Waals surface area contributed by atoms with Gasteiger partial charge in [0.05, 0.1) is 19.1 Å². The Morgan fingerprint density at radius 3 is 2.30 bits per heavy atom. The highest BCUT2D eigenvalue weighted by molar-refractivity contribution is 6.09. The van der Waals surface area contributed by atoms with Gasteiger partial charge in [0.25, 0.3) is 0 Å². The maximum Gasteiger partial charge on any atom is 0.450 e. The number of hydrogen-bond acceptors (Lipinski definition) is 3. The molecule has 0 bridgehead atoms. The predicted octanol–water partition coefficient (Wildman–Crippen LogP) is 4.27. The van der Waals surface area contributed by atoms with Gasteiger partial charge < -0.3 is 4.74 Å². The number of carbonyl (C=O) groups excluding carboxylic acids is 2. The molecule has 1 unspecified atom stereocenters. The third kappa shape index (κ3) is 4.64. The molecular formula is C17H19F3O3. The second-order valence-electron chi connectivity index (χ2n) is 6.65. The fraction of sp³-hybridized carbons (Fsp3) is 0.529. The van der Waals surface area contributed by atoms with E-state index < -0.39 is 24.2 Å². The summed E-state index contributed by atoms with van der Waals surface area (Å²) in [5.41, 5.74) is 1.13. The summed E-state index contributed by atoms with van der Waals surface area (Å²) in [6.07, 6.45) is -4.33. The van der Waals surface area contributed by atoms with Gasteiger partial charge in [-0.1, -0.05) is 38.1 Å². The third-order valence-corrected chi connectivity index (χ3v) is 4.00. The summed E-state index contributed by atoms with van der Waals surface area (Å²) >= 11 is 0. The number of ketones is 2. The second kappa shape index (κ2) is 6.43. The lowest BCUT2D eigenvalue weighted by Crippen LogP contribution is -2.27. The van der Waals surface area contributed by atoms with Gasteiger partial charge in [0.2, 0.25) is 5.78 Å². The van der Waals surface area contributed by atoms with Crippen molar-refractivity contribution < 1.29 is 27.5 Å². The normalized spacial score (nSPS) is 21.0. The van der Waals surface area contributed by atoms with E-state index in [1.54, 1.807) is 12.1 Å². The van der Waals surface area contributed by atoms with Crippen LogP contribution in [0, 0.1) is 5.41 Å². The van der Waals surface area contributed by atoms with Crippen molar-refractivity contribution in [1.82, 2.24) is 0 Å². The van der Waals surface area contributed by atoms with E-state index in [-0.39, 0.29) is 17.1 Å². The van der Waals surface area contributed by atoms with E-state index in [1.807, 2.05) is 0 Å². The van der Waals surface area contributed by atoms with Crippen LogP contribution in [0.2, 0.25) is 0 Å². The summed E-state index contributed by atoms with van der Waals surface area (Å²) < 4.78 is 42.3. The number of benzene rings is 1.